The van der Waals surface area contributed by atoms with Crippen LogP contribution in [0.5, 0.6) is 17.2 Å². The molecule has 3 aromatic carbocycles. The highest BCUT2D eigenvalue weighted by Gasteiger charge is 2.22. The Labute approximate surface area is 250 Å². The first-order valence-corrected chi connectivity index (χ1v) is 14.9. The summed E-state index contributed by atoms with van der Waals surface area (Å²) in [5.41, 5.74) is 5.73. The normalized spacial score (nSPS) is 15.0. The monoisotopic (exact) mass is 574 g/mol. The number of aryl methyl sites for hydroxylation is 1. The molecule has 2 aliphatic rings. The van der Waals surface area contributed by atoms with Crippen molar-refractivity contribution in [2.45, 2.75) is 58.5 Å². The Kier molecular flexibility index (Phi) is 7.19. The largest absolute Gasteiger partial charge is 0.489 e. The number of fused-ring (bicyclic) bond motifs is 2. The topological polar surface area (TPSA) is 79.9 Å². The molecule has 3 heterocycles. The van der Waals surface area contributed by atoms with Crippen molar-refractivity contribution in [2.75, 3.05) is 6.79 Å². The van der Waals surface area contributed by atoms with Gasteiger partial charge in [-0.05, 0) is 86.8 Å². The summed E-state index contributed by atoms with van der Waals surface area (Å²) in [6, 6.07) is 23.6. The van der Waals surface area contributed by atoms with Crippen molar-refractivity contribution in [3.63, 3.8) is 0 Å². The molecule has 0 radical (unpaired) electrons. The minimum Gasteiger partial charge on any atom is -0.489 e. The molecule has 0 N–H and O–H groups in total. The maximum Gasteiger partial charge on any atom is 0.282 e. The summed E-state index contributed by atoms with van der Waals surface area (Å²) in [6.07, 6.45) is 7.40. The predicted octanol–water partition coefficient (Wildman–Crippen LogP) is 7.04. The van der Waals surface area contributed by atoms with E-state index in [-0.39, 0.29) is 18.3 Å². The number of para-hydroxylation sites is 1. The molecular weight excluding hydrogens is 540 g/mol. The molecule has 8 heteroatoms. The average Bonchev–Trinajstić information content (AvgIpc) is 3.63. The van der Waals surface area contributed by atoms with E-state index in [0.717, 1.165) is 82.5 Å². The van der Waals surface area contributed by atoms with Crippen LogP contribution in [0.1, 0.15) is 66.4 Å². The second kappa shape index (κ2) is 11.4. The van der Waals surface area contributed by atoms with Crippen molar-refractivity contribution in [1.82, 2.24) is 14.2 Å². The zero-order valence-electron chi connectivity index (χ0n) is 24.5. The van der Waals surface area contributed by atoms with Gasteiger partial charge in [0.1, 0.15) is 18.2 Å². The molecular formula is C35H34N4O4. The molecule has 0 spiro atoms. The highest BCUT2D eigenvalue weighted by molar-refractivity contribution is 5.82. The van der Waals surface area contributed by atoms with Crippen LogP contribution in [0.3, 0.4) is 0 Å². The van der Waals surface area contributed by atoms with Crippen molar-refractivity contribution in [1.29, 1.82) is 0 Å². The van der Waals surface area contributed by atoms with Gasteiger partial charge in [-0.1, -0.05) is 37.5 Å². The third-order valence-corrected chi connectivity index (χ3v) is 8.47. The second-order valence-corrected chi connectivity index (χ2v) is 11.3. The standard InChI is InChI=1S/C35H34N4O4/c1-23-18-27(20-36-39-34(26-8-4-3-5-9-26)37-31-11-7-6-10-30(31)35(39)40)24(2)38(23)28-13-15-29(16-14-28)41-21-25-12-17-32-33(19-25)43-22-42-32/h6-7,10-20,26H,3-5,8-9,21-22H2,1-2H3. The Morgan fingerprint density at radius 3 is 2.58 bits per heavy atom. The molecule has 8 nitrogen and oxygen atoms in total. The summed E-state index contributed by atoms with van der Waals surface area (Å²) in [4.78, 5) is 18.5. The molecule has 0 saturated heterocycles. The molecule has 1 aliphatic heterocycles. The molecule has 5 aromatic rings. The van der Waals surface area contributed by atoms with Crippen LogP contribution < -0.4 is 19.8 Å². The highest BCUT2D eigenvalue weighted by atomic mass is 16.7. The van der Waals surface area contributed by atoms with E-state index in [1.165, 1.54) is 11.1 Å². The number of hydrogen-bond acceptors (Lipinski definition) is 6. The van der Waals surface area contributed by atoms with Gasteiger partial charge in [0.2, 0.25) is 6.79 Å². The van der Waals surface area contributed by atoms with Crippen LogP contribution >= 0.6 is 0 Å². The lowest BCUT2D eigenvalue weighted by Crippen LogP contribution is -2.25. The molecule has 7 rings (SSSR count). The second-order valence-electron chi connectivity index (χ2n) is 11.3. The molecule has 0 unspecified atom stereocenters. The Balaban J connectivity index is 1.14. The third kappa shape index (κ3) is 5.29. The molecule has 0 bridgehead atoms. The maximum atomic E-state index is 13.6. The number of hydrogen-bond donors (Lipinski definition) is 0. The van der Waals surface area contributed by atoms with E-state index >= 15 is 0 Å². The van der Waals surface area contributed by atoms with E-state index in [4.69, 9.17) is 24.3 Å². The van der Waals surface area contributed by atoms with Crippen molar-refractivity contribution < 1.29 is 14.2 Å². The fraction of sp³-hybridized carbons (Fsp3) is 0.286. The van der Waals surface area contributed by atoms with Crippen LogP contribution in [0, 0.1) is 13.8 Å². The molecule has 43 heavy (non-hydrogen) atoms. The Morgan fingerprint density at radius 2 is 1.74 bits per heavy atom. The Bertz CT molecular complexity index is 1880. The molecule has 1 fully saturated rings. The average molecular weight is 575 g/mol. The van der Waals surface area contributed by atoms with Crippen molar-refractivity contribution in [3.05, 3.63) is 111 Å². The van der Waals surface area contributed by atoms with Crippen LogP contribution in [0.25, 0.3) is 16.6 Å². The van der Waals surface area contributed by atoms with Gasteiger partial charge in [0.25, 0.3) is 5.56 Å². The molecule has 218 valence electrons. The summed E-state index contributed by atoms with van der Waals surface area (Å²) >= 11 is 0. The number of rotatable bonds is 7. The number of aromatic nitrogens is 3. The SMILES string of the molecule is Cc1cc(C=Nn2c(C3CCCCC3)nc3ccccc3c2=O)c(C)n1-c1ccc(OCc2ccc3c(c2)OCO3)cc1. The molecule has 0 atom stereocenters. The van der Waals surface area contributed by atoms with E-state index < -0.39 is 0 Å². The summed E-state index contributed by atoms with van der Waals surface area (Å²) < 4.78 is 20.6. The van der Waals surface area contributed by atoms with Crippen LogP contribution in [0.2, 0.25) is 0 Å². The zero-order chi connectivity index (χ0) is 29.3. The van der Waals surface area contributed by atoms with Crippen molar-refractivity contribution in [2.24, 2.45) is 5.10 Å². The third-order valence-electron chi connectivity index (χ3n) is 8.47. The fourth-order valence-corrected chi connectivity index (χ4v) is 6.20. The van der Waals surface area contributed by atoms with Gasteiger partial charge in [-0.2, -0.15) is 9.78 Å². The minimum absolute atomic E-state index is 0.118. The van der Waals surface area contributed by atoms with Crippen molar-refractivity contribution in [3.8, 4) is 22.9 Å². The van der Waals surface area contributed by atoms with E-state index in [1.807, 2.05) is 54.6 Å². The molecule has 1 saturated carbocycles. The maximum absolute atomic E-state index is 13.6. The Hall–Kier alpha value is -4.85. The molecule has 2 aromatic heterocycles. The van der Waals surface area contributed by atoms with Gasteiger partial charge in [-0.3, -0.25) is 4.79 Å². The highest BCUT2D eigenvalue weighted by Crippen LogP contribution is 2.33. The van der Waals surface area contributed by atoms with Gasteiger partial charge in [-0.15, -0.1) is 0 Å². The predicted molar refractivity (Wildman–Crippen MR) is 167 cm³/mol. The van der Waals surface area contributed by atoms with Gasteiger partial charge in [0.05, 0.1) is 17.1 Å². The van der Waals surface area contributed by atoms with E-state index in [1.54, 1.807) is 6.21 Å². The van der Waals surface area contributed by atoms with Crippen LogP contribution in [0.15, 0.2) is 82.7 Å². The summed E-state index contributed by atoms with van der Waals surface area (Å²) in [7, 11) is 0. The molecule has 0 amide bonds. The van der Waals surface area contributed by atoms with Gasteiger partial charge >= 0.3 is 0 Å². The lowest BCUT2D eigenvalue weighted by atomic mass is 9.88. The van der Waals surface area contributed by atoms with E-state index in [9.17, 15) is 4.79 Å². The number of nitrogens with zero attached hydrogens (tertiary/aromatic N) is 4. The number of benzene rings is 3. The summed E-state index contributed by atoms with van der Waals surface area (Å²) in [5, 5.41) is 5.35. The minimum atomic E-state index is -0.118. The van der Waals surface area contributed by atoms with Gasteiger partial charge in [0.15, 0.2) is 11.5 Å². The first kappa shape index (κ1) is 27.0. The first-order valence-electron chi connectivity index (χ1n) is 14.9. The van der Waals surface area contributed by atoms with Crippen LogP contribution in [-0.2, 0) is 6.61 Å². The first-order chi connectivity index (χ1) is 21.0. The lowest BCUT2D eigenvalue weighted by Gasteiger charge is -2.22. The van der Waals surface area contributed by atoms with Gasteiger partial charge in [-0.25, -0.2) is 4.98 Å². The van der Waals surface area contributed by atoms with Gasteiger partial charge in [0, 0.05) is 28.6 Å². The molecule has 1 aliphatic carbocycles. The van der Waals surface area contributed by atoms with E-state index in [2.05, 4.69) is 36.6 Å². The fourth-order valence-electron chi connectivity index (χ4n) is 6.20. The summed E-state index contributed by atoms with van der Waals surface area (Å²) in [6.45, 7) is 4.84. The van der Waals surface area contributed by atoms with Gasteiger partial charge < -0.3 is 18.8 Å². The van der Waals surface area contributed by atoms with Crippen LogP contribution in [0.4, 0.5) is 0 Å². The van der Waals surface area contributed by atoms with Crippen molar-refractivity contribution >= 4 is 17.1 Å². The van der Waals surface area contributed by atoms with E-state index in [0.29, 0.717) is 12.0 Å². The zero-order valence-corrected chi connectivity index (χ0v) is 24.5. The quantitative estimate of drug-likeness (QED) is 0.195. The van der Waals surface area contributed by atoms with Crippen LogP contribution in [-0.4, -0.2) is 27.2 Å². The smallest absolute Gasteiger partial charge is 0.282 e. The summed E-state index contributed by atoms with van der Waals surface area (Å²) in [5.74, 6) is 3.30. The lowest BCUT2D eigenvalue weighted by molar-refractivity contribution is 0.174. The number of ether oxygens (including phenoxy) is 3. The Morgan fingerprint density at radius 1 is 0.953 bits per heavy atom.